The monoisotopic (exact) mass is 395 g/mol. The van der Waals surface area contributed by atoms with E-state index in [-0.39, 0.29) is 12.3 Å². The zero-order valence-corrected chi connectivity index (χ0v) is 15.9. The number of unbranched alkanes of at least 4 members (excludes halogenated alkanes) is 2. The highest BCUT2D eigenvalue weighted by Crippen LogP contribution is 2.33. The number of rotatable bonds is 8. The van der Waals surface area contributed by atoms with Gasteiger partial charge in [0, 0.05) is 18.0 Å². The number of amides is 1. The van der Waals surface area contributed by atoms with Gasteiger partial charge in [-0.3, -0.25) is 14.5 Å². The highest BCUT2D eigenvalue weighted by Gasteiger charge is 2.31. The highest BCUT2D eigenvalue weighted by molar-refractivity contribution is 8.26. The van der Waals surface area contributed by atoms with E-state index in [1.54, 1.807) is 17.1 Å². The summed E-state index contributed by atoms with van der Waals surface area (Å²) in [6, 6.07) is 9.61. The lowest BCUT2D eigenvalue weighted by molar-refractivity contribution is -0.137. The average Bonchev–Trinajstić information content (AvgIpc) is 2.82. The van der Waals surface area contributed by atoms with Gasteiger partial charge in [0.15, 0.2) is 0 Å². The largest absolute Gasteiger partial charge is 0.481 e. The second kappa shape index (κ2) is 9.75. The Balaban J connectivity index is 1.93. The first-order valence-electron chi connectivity index (χ1n) is 7.87. The van der Waals surface area contributed by atoms with Crippen LogP contribution in [0.5, 0.6) is 0 Å². The van der Waals surface area contributed by atoms with E-state index in [2.05, 4.69) is 0 Å². The van der Waals surface area contributed by atoms with E-state index in [1.165, 1.54) is 11.8 Å². The molecule has 0 unspecified atom stereocenters. The SMILES string of the molecule is O=C(O)CCCCCN1C(=O)C(=C/C(Cl)=C/c2ccccc2)SC1=S. The number of thiocarbonyl (C=S) groups is 1. The molecule has 132 valence electrons. The van der Waals surface area contributed by atoms with Gasteiger partial charge in [-0.15, -0.1) is 0 Å². The highest BCUT2D eigenvalue weighted by atomic mass is 35.5. The molecule has 0 spiro atoms. The summed E-state index contributed by atoms with van der Waals surface area (Å²) in [5.41, 5.74) is 0.956. The fraction of sp³-hybridized carbons (Fsp3) is 0.278. The average molecular weight is 396 g/mol. The first-order chi connectivity index (χ1) is 12.0. The van der Waals surface area contributed by atoms with Crippen molar-refractivity contribution in [2.75, 3.05) is 6.54 Å². The Kier molecular flexibility index (Phi) is 7.68. The van der Waals surface area contributed by atoms with Crippen LogP contribution in [0, 0.1) is 0 Å². The molecular formula is C18H18ClNO3S2. The molecule has 1 heterocycles. The number of carbonyl (C=O) groups is 2. The summed E-state index contributed by atoms with van der Waals surface area (Å²) in [6.45, 7) is 0.502. The summed E-state index contributed by atoms with van der Waals surface area (Å²) in [4.78, 5) is 25.0. The Hall–Kier alpha value is -1.63. The fourth-order valence-corrected chi connectivity index (χ4v) is 3.89. The number of hydrogen-bond acceptors (Lipinski definition) is 4. The second-order valence-corrected chi connectivity index (χ2v) is 7.59. The van der Waals surface area contributed by atoms with Gasteiger partial charge in [-0.1, -0.05) is 72.3 Å². The van der Waals surface area contributed by atoms with Gasteiger partial charge in [-0.25, -0.2) is 0 Å². The third kappa shape index (κ3) is 6.30. The van der Waals surface area contributed by atoms with Crippen molar-refractivity contribution in [3.8, 4) is 0 Å². The molecule has 25 heavy (non-hydrogen) atoms. The van der Waals surface area contributed by atoms with E-state index in [9.17, 15) is 9.59 Å². The summed E-state index contributed by atoms with van der Waals surface area (Å²) in [6.07, 6.45) is 5.65. The van der Waals surface area contributed by atoms with Gasteiger partial charge >= 0.3 is 5.97 Å². The van der Waals surface area contributed by atoms with Gasteiger partial charge in [0.05, 0.1) is 4.91 Å². The maximum Gasteiger partial charge on any atom is 0.303 e. The summed E-state index contributed by atoms with van der Waals surface area (Å²) in [5.74, 6) is -0.943. The van der Waals surface area contributed by atoms with E-state index in [0.717, 1.165) is 18.4 Å². The standard InChI is InChI=1S/C18H18ClNO3S2/c19-14(11-13-7-3-1-4-8-13)12-15-17(23)20(18(24)25-15)10-6-2-5-9-16(21)22/h1,3-4,7-8,11-12H,2,5-6,9-10H2,(H,21,22)/b14-11-,15-12?. The van der Waals surface area contributed by atoms with E-state index in [1.807, 2.05) is 30.3 Å². The van der Waals surface area contributed by atoms with Crippen molar-refractivity contribution in [1.29, 1.82) is 0 Å². The number of nitrogens with zero attached hydrogens (tertiary/aromatic N) is 1. The predicted octanol–water partition coefficient (Wildman–Crippen LogP) is 4.66. The van der Waals surface area contributed by atoms with Crippen molar-refractivity contribution in [2.45, 2.75) is 25.7 Å². The maximum atomic E-state index is 12.4. The number of halogens is 1. The molecule has 0 radical (unpaired) electrons. The smallest absolute Gasteiger partial charge is 0.303 e. The van der Waals surface area contributed by atoms with Crippen molar-refractivity contribution in [3.63, 3.8) is 0 Å². The van der Waals surface area contributed by atoms with Crippen molar-refractivity contribution in [1.82, 2.24) is 4.90 Å². The Bertz CT molecular complexity index is 716. The lowest BCUT2D eigenvalue weighted by atomic mass is 10.2. The summed E-state index contributed by atoms with van der Waals surface area (Å²) < 4.78 is 0.513. The summed E-state index contributed by atoms with van der Waals surface area (Å²) >= 11 is 12.7. The number of aliphatic carboxylic acids is 1. The molecular weight excluding hydrogens is 378 g/mol. The molecule has 0 saturated carbocycles. The van der Waals surface area contributed by atoms with Crippen LogP contribution in [0.1, 0.15) is 31.2 Å². The Morgan fingerprint density at radius 3 is 2.64 bits per heavy atom. The minimum Gasteiger partial charge on any atom is -0.481 e. The fourth-order valence-electron chi connectivity index (χ4n) is 2.29. The van der Waals surface area contributed by atoms with Crippen molar-refractivity contribution < 1.29 is 14.7 Å². The first kappa shape index (κ1) is 19.7. The molecule has 4 nitrogen and oxygen atoms in total. The predicted molar refractivity (Wildman–Crippen MR) is 106 cm³/mol. The third-order valence-corrected chi connectivity index (χ3v) is 5.12. The topological polar surface area (TPSA) is 57.6 Å². The quantitative estimate of drug-likeness (QED) is 0.394. The van der Waals surface area contributed by atoms with E-state index < -0.39 is 5.97 Å². The number of benzene rings is 1. The first-order valence-corrected chi connectivity index (χ1v) is 9.47. The molecule has 1 amide bonds. The maximum absolute atomic E-state index is 12.4. The number of carboxylic acids is 1. The second-order valence-electron chi connectivity index (χ2n) is 5.48. The van der Waals surface area contributed by atoms with Gasteiger partial charge in [0.2, 0.25) is 0 Å². The number of carboxylic acid groups (broad SMARTS) is 1. The minimum atomic E-state index is -0.798. The van der Waals surface area contributed by atoms with Crippen LogP contribution in [0.4, 0.5) is 0 Å². The number of hydrogen-bond donors (Lipinski definition) is 1. The molecule has 7 heteroatoms. The van der Waals surface area contributed by atoms with Gasteiger partial charge in [0.1, 0.15) is 4.32 Å². The zero-order chi connectivity index (χ0) is 18.2. The molecule has 1 aliphatic heterocycles. The van der Waals surface area contributed by atoms with E-state index in [0.29, 0.717) is 27.2 Å². The summed E-state index contributed by atoms with van der Waals surface area (Å²) in [7, 11) is 0. The molecule has 1 aromatic carbocycles. The Morgan fingerprint density at radius 1 is 1.24 bits per heavy atom. The Morgan fingerprint density at radius 2 is 1.96 bits per heavy atom. The van der Waals surface area contributed by atoms with Crippen LogP contribution in [0.25, 0.3) is 6.08 Å². The molecule has 1 aromatic rings. The van der Waals surface area contributed by atoms with Crippen LogP contribution in [-0.2, 0) is 9.59 Å². The summed E-state index contributed by atoms with van der Waals surface area (Å²) in [5, 5.41) is 9.08. The molecule has 0 atom stereocenters. The van der Waals surface area contributed by atoms with Gasteiger partial charge < -0.3 is 5.11 Å². The van der Waals surface area contributed by atoms with Crippen molar-refractivity contribution >= 4 is 57.9 Å². The molecule has 0 aliphatic carbocycles. The van der Waals surface area contributed by atoms with Gasteiger partial charge in [-0.2, -0.15) is 0 Å². The van der Waals surface area contributed by atoms with Crippen LogP contribution in [-0.4, -0.2) is 32.7 Å². The van der Waals surface area contributed by atoms with Crippen LogP contribution in [0.15, 0.2) is 46.3 Å². The number of carbonyl (C=O) groups excluding carboxylic acids is 1. The van der Waals surface area contributed by atoms with E-state index >= 15 is 0 Å². The van der Waals surface area contributed by atoms with Crippen molar-refractivity contribution in [3.05, 3.63) is 51.9 Å². The van der Waals surface area contributed by atoms with Crippen LogP contribution in [0.2, 0.25) is 0 Å². The van der Waals surface area contributed by atoms with Crippen LogP contribution < -0.4 is 0 Å². The zero-order valence-electron chi connectivity index (χ0n) is 13.5. The lowest BCUT2D eigenvalue weighted by Crippen LogP contribution is -2.29. The normalized spacial score (nSPS) is 16.8. The Labute approximate surface area is 161 Å². The van der Waals surface area contributed by atoms with Gasteiger partial charge in [-0.05, 0) is 30.6 Å². The molecule has 1 aliphatic rings. The molecule has 0 aromatic heterocycles. The van der Waals surface area contributed by atoms with E-state index in [4.69, 9.17) is 28.9 Å². The molecule has 2 rings (SSSR count). The lowest BCUT2D eigenvalue weighted by Gasteiger charge is -2.13. The third-order valence-electron chi connectivity index (χ3n) is 3.52. The van der Waals surface area contributed by atoms with Gasteiger partial charge in [0.25, 0.3) is 5.91 Å². The molecule has 1 fully saturated rings. The molecule has 1 N–H and O–H groups in total. The number of allylic oxidation sites excluding steroid dienone is 2. The molecule has 1 saturated heterocycles. The van der Waals surface area contributed by atoms with Crippen LogP contribution in [0.3, 0.4) is 0 Å². The minimum absolute atomic E-state index is 0.146. The molecule has 0 bridgehead atoms. The van der Waals surface area contributed by atoms with Crippen LogP contribution >= 0.6 is 35.6 Å². The van der Waals surface area contributed by atoms with Crippen molar-refractivity contribution in [2.24, 2.45) is 0 Å². The number of thioether (sulfide) groups is 1.